The maximum Gasteiger partial charge on any atom is 0.309 e. The predicted molar refractivity (Wildman–Crippen MR) is 63.6 cm³/mol. The fraction of sp³-hybridized carbons (Fsp3) is 0.167. The van der Waals surface area contributed by atoms with Crippen LogP contribution in [0.25, 0.3) is 10.8 Å². The van der Waals surface area contributed by atoms with Crippen molar-refractivity contribution >= 4 is 22.6 Å². The smallest absolute Gasteiger partial charge is 0.309 e. The Hall–Kier alpha value is -2.50. The summed E-state index contributed by atoms with van der Waals surface area (Å²) in [5.74, 6) is -1.16. The van der Waals surface area contributed by atoms with Crippen molar-refractivity contribution in [1.82, 2.24) is 9.78 Å². The Morgan fingerprint density at radius 1 is 1.17 bits per heavy atom. The summed E-state index contributed by atoms with van der Waals surface area (Å²) in [6.45, 7) is 2.43. The monoisotopic (exact) mass is 246 g/mol. The Balaban J connectivity index is 2.84. The number of carbonyl (C=O) groups is 2. The van der Waals surface area contributed by atoms with E-state index in [0.717, 1.165) is 0 Å². The van der Waals surface area contributed by atoms with E-state index in [1.54, 1.807) is 24.3 Å². The van der Waals surface area contributed by atoms with Gasteiger partial charge in [0.05, 0.1) is 10.8 Å². The molecule has 0 bridgehead atoms. The summed E-state index contributed by atoms with van der Waals surface area (Å²) in [5.41, 5.74) is -0.533. The largest absolute Gasteiger partial charge is 0.405 e. The fourth-order valence-electron chi connectivity index (χ4n) is 1.59. The fourth-order valence-corrected chi connectivity index (χ4v) is 1.59. The Morgan fingerprint density at radius 2 is 1.78 bits per heavy atom. The lowest BCUT2D eigenvalue weighted by molar-refractivity contribution is -0.132. The van der Waals surface area contributed by atoms with Crippen molar-refractivity contribution in [3.8, 4) is 5.88 Å². The molecular formula is C12H10N2O4. The second kappa shape index (κ2) is 4.40. The van der Waals surface area contributed by atoms with Crippen LogP contribution in [0.2, 0.25) is 0 Å². The van der Waals surface area contributed by atoms with Gasteiger partial charge in [-0.3, -0.25) is 14.4 Å². The summed E-state index contributed by atoms with van der Waals surface area (Å²) in [6.07, 6.45) is 0. The summed E-state index contributed by atoms with van der Waals surface area (Å²) in [7, 11) is 0. The highest BCUT2D eigenvalue weighted by molar-refractivity contribution is 5.89. The highest BCUT2D eigenvalue weighted by Gasteiger charge is 2.14. The Bertz CT molecular complexity index is 703. The molecule has 1 aromatic carbocycles. The second-order valence-corrected chi connectivity index (χ2v) is 3.68. The molecular weight excluding hydrogens is 236 g/mol. The number of esters is 1. The van der Waals surface area contributed by atoms with Crippen LogP contribution in [0.4, 0.5) is 0 Å². The van der Waals surface area contributed by atoms with Gasteiger partial charge in [-0.1, -0.05) is 12.1 Å². The van der Waals surface area contributed by atoms with Gasteiger partial charge in [-0.15, -0.1) is 5.10 Å². The van der Waals surface area contributed by atoms with E-state index < -0.39 is 17.4 Å². The number of hydrogen-bond donors (Lipinski definition) is 0. The van der Waals surface area contributed by atoms with E-state index in [1.165, 1.54) is 13.8 Å². The molecule has 0 aliphatic heterocycles. The molecule has 6 nitrogen and oxygen atoms in total. The number of fused-ring (bicyclic) bond motifs is 1. The maximum absolute atomic E-state index is 11.9. The molecule has 6 heteroatoms. The minimum absolute atomic E-state index is 0.0482. The molecule has 0 fully saturated rings. The van der Waals surface area contributed by atoms with Crippen molar-refractivity contribution in [2.45, 2.75) is 13.8 Å². The van der Waals surface area contributed by atoms with Crippen LogP contribution in [0.5, 0.6) is 5.88 Å². The summed E-state index contributed by atoms with van der Waals surface area (Å²) < 4.78 is 5.59. The molecule has 0 saturated carbocycles. The highest BCUT2D eigenvalue weighted by atomic mass is 16.5. The zero-order valence-corrected chi connectivity index (χ0v) is 9.84. The second-order valence-electron chi connectivity index (χ2n) is 3.68. The standard InChI is InChI=1S/C12H10N2O4/c1-7(15)14-12(17)10-6-4-3-5-9(10)11(13-14)18-8(2)16/h3-6H,1-2H3. The molecule has 0 unspecified atom stereocenters. The first kappa shape index (κ1) is 12.0. The van der Waals surface area contributed by atoms with Crippen LogP contribution >= 0.6 is 0 Å². The van der Waals surface area contributed by atoms with E-state index in [4.69, 9.17) is 4.74 Å². The van der Waals surface area contributed by atoms with E-state index in [2.05, 4.69) is 5.10 Å². The van der Waals surface area contributed by atoms with E-state index in [9.17, 15) is 14.4 Å². The SMILES string of the molecule is CC(=O)Oc1nn(C(C)=O)c(=O)c2ccccc12. The third kappa shape index (κ3) is 2.00. The van der Waals surface area contributed by atoms with Crippen molar-refractivity contribution in [3.63, 3.8) is 0 Å². The first-order chi connectivity index (χ1) is 8.50. The topological polar surface area (TPSA) is 78.3 Å². The molecule has 18 heavy (non-hydrogen) atoms. The average molecular weight is 246 g/mol. The number of rotatable bonds is 1. The predicted octanol–water partition coefficient (Wildman–Crippen LogP) is 0.982. The average Bonchev–Trinajstić information content (AvgIpc) is 2.32. The number of nitrogens with zero attached hydrogens (tertiary/aromatic N) is 2. The summed E-state index contributed by atoms with van der Waals surface area (Å²) in [5, 5.41) is 4.43. The summed E-state index contributed by atoms with van der Waals surface area (Å²) in [6, 6.07) is 6.50. The summed E-state index contributed by atoms with van der Waals surface area (Å²) >= 11 is 0. The summed E-state index contributed by atoms with van der Waals surface area (Å²) in [4.78, 5) is 34.2. The number of hydrogen-bond acceptors (Lipinski definition) is 5. The molecule has 1 aromatic heterocycles. The van der Waals surface area contributed by atoms with Crippen LogP contribution in [0, 0.1) is 0 Å². The van der Waals surface area contributed by atoms with Crippen LogP contribution in [0.15, 0.2) is 29.1 Å². The molecule has 2 rings (SSSR count). The van der Waals surface area contributed by atoms with Gasteiger partial charge in [-0.2, -0.15) is 4.68 Å². The van der Waals surface area contributed by atoms with Gasteiger partial charge in [0, 0.05) is 13.8 Å². The zero-order valence-electron chi connectivity index (χ0n) is 9.84. The van der Waals surface area contributed by atoms with Gasteiger partial charge in [0.25, 0.3) is 5.56 Å². The Labute approximate surface area is 102 Å². The lowest BCUT2D eigenvalue weighted by Gasteiger charge is -2.07. The van der Waals surface area contributed by atoms with Crippen LogP contribution in [0.1, 0.15) is 18.6 Å². The molecule has 0 radical (unpaired) electrons. The lowest BCUT2D eigenvalue weighted by atomic mass is 10.2. The molecule has 0 aliphatic carbocycles. The number of ether oxygens (including phenoxy) is 1. The molecule has 0 aliphatic rings. The third-order valence-electron chi connectivity index (χ3n) is 2.31. The number of carbonyl (C=O) groups excluding carboxylic acids is 2. The zero-order chi connectivity index (χ0) is 13.3. The quantitative estimate of drug-likeness (QED) is 0.701. The molecule has 0 N–H and O–H groups in total. The first-order valence-corrected chi connectivity index (χ1v) is 5.22. The molecule has 1 heterocycles. The van der Waals surface area contributed by atoms with E-state index in [-0.39, 0.29) is 11.3 Å². The van der Waals surface area contributed by atoms with E-state index in [0.29, 0.717) is 10.1 Å². The minimum Gasteiger partial charge on any atom is -0.405 e. The van der Waals surface area contributed by atoms with Gasteiger partial charge in [0.1, 0.15) is 0 Å². The van der Waals surface area contributed by atoms with Crippen molar-refractivity contribution in [2.24, 2.45) is 0 Å². The molecule has 0 atom stereocenters. The van der Waals surface area contributed by atoms with E-state index >= 15 is 0 Å². The minimum atomic E-state index is -0.568. The van der Waals surface area contributed by atoms with Crippen LogP contribution < -0.4 is 10.3 Å². The molecule has 0 saturated heterocycles. The molecule has 2 aromatic rings. The number of aromatic nitrogens is 2. The van der Waals surface area contributed by atoms with Gasteiger partial charge in [0.15, 0.2) is 0 Å². The van der Waals surface area contributed by atoms with Crippen LogP contribution in [-0.4, -0.2) is 21.7 Å². The van der Waals surface area contributed by atoms with Crippen LogP contribution in [-0.2, 0) is 4.79 Å². The molecule has 92 valence electrons. The van der Waals surface area contributed by atoms with Crippen molar-refractivity contribution in [2.75, 3.05) is 0 Å². The van der Waals surface area contributed by atoms with Gasteiger partial charge >= 0.3 is 5.97 Å². The highest BCUT2D eigenvalue weighted by Crippen LogP contribution is 2.19. The first-order valence-electron chi connectivity index (χ1n) is 5.22. The van der Waals surface area contributed by atoms with Crippen molar-refractivity contribution < 1.29 is 14.3 Å². The van der Waals surface area contributed by atoms with Gasteiger partial charge in [-0.05, 0) is 12.1 Å². The van der Waals surface area contributed by atoms with Crippen molar-refractivity contribution in [3.05, 3.63) is 34.6 Å². The van der Waals surface area contributed by atoms with Gasteiger partial charge in [-0.25, -0.2) is 0 Å². The van der Waals surface area contributed by atoms with E-state index in [1.807, 2.05) is 0 Å². The molecule has 0 amide bonds. The van der Waals surface area contributed by atoms with Crippen LogP contribution in [0.3, 0.4) is 0 Å². The normalized spacial score (nSPS) is 10.3. The number of benzene rings is 1. The maximum atomic E-state index is 11.9. The Morgan fingerprint density at radius 3 is 2.33 bits per heavy atom. The third-order valence-corrected chi connectivity index (χ3v) is 2.31. The van der Waals surface area contributed by atoms with Crippen molar-refractivity contribution in [1.29, 1.82) is 0 Å². The van der Waals surface area contributed by atoms with Gasteiger partial charge in [0.2, 0.25) is 11.8 Å². The lowest BCUT2D eigenvalue weighted by Crippen LogP contribution is -2.28. The van der Waals surface area contributed by atoms with Gasteiger partial charge < -0.3 is 4.74 Å². The Kier molecular flexibility index (Phi) is 2.93. The molecule has 0 spiro atoms.